The van der Waals surface area contributed by atoms with Crippen LogP contribution in [0, 0.1) is 0 Å². The highest BCUT2D eigenvalue weighted by Crippen LogP contribution is 2.23. The Hall–Kier alpha value is -0.730. The van der Waals surface area contributed by atoms with E-state index in [2.05, 4.69) is 19.2 Å². The number of ether oxygens (including phenoxy) is 1. The lowest BCUT2D eigenvalue weighted by molar-refractivity contribution is 0.170. The fraction of sp³-hybridized carbons (Fsp3) is 0.889. The Morgan fingerprint density at radius 1 is 1.58 bits per heavy atom. The van der Waals surface area contributed by atoms with Crippen LogP contribution in [-0.4, -0.2) is 18.2 Å². The Labute approximate surface area is 73.5 Å². The third-order valence-electron chi connectivity index (χ3n) is 2.53. The number of hydrogen-bond acceptors (Lipinski definition) is 2. The number of hydrogen-bond donors (Lipinski definition) is 1. The molecule has 1 atom stereocenters. The highest BCUT2D eigenvalue weighted by molar-refractivity contribution is 5.70. The summed E-state index contributed by atoms with van der Waals surface area (Å²) in [6.45, 7) is 4.79. The van der Waals surface area contributed by atoms with Crippen molar-refractivity contribution in [2.75, 3.05) is 6.61 Å². The molecule has 1 fully saturated rings. The summed E-state index contributed by atoms with van der Waals surface area (Å²) >= 11 is 0. The Bertz CT molecular complexity index is 170. The number of unbranched alkanes of at least 4 members (excludes halogenated alkanes) is 1. The van der Waals surface area contributed by atoms with Crippen molar-refractivity contribution in [1.29, 1.82) is 0 Å². The quantitative estimate of drug-likeness (QED) is 0.703. The zero-order valence-electron chi connectivity index (χ0n) is 7.85. The van der Waals surface area contributed by atoms with Crippen LogP contribution in [0.25, 0.3) is 0 Å². The minimum absolute atomic E-state index is 0.0624. The largest absolute Gasteiger partial charge is 0.447 e. The van der Waals surface area contributed by atoms with Gasteiger partial charge in [0.25, 0.3) is 0 Å². The first-order valence-corrected chi connectivity index (χ1v) is 4.67. The van der Waals surface area contributed by atoms with Crippen LogP contribution in [0.4, 0.5) is 4.79 Å². The van der Waals surface area contributed by atoms with Gasteiger partial charge in [-0.3, -0.25) is 0 Å². The summed E-state index contributed by atoms with van der Waals surface area (Å²) < 4.78 is 4.91. The normalized spacial score (nSPS) is 28.3. The zero-order chi connectivity index (χ0) is 9.03. The number of alkyl carbamates (subject to hydrolysis) is 1. The number of cyclic esters (lactones) is 1. The fourth-order valence-electron chi connectivity index (χ4n) is 1.51. The van der Waals surface area contributed by atoms with Gasteiger partial charge < -0.3 is 10.1 Å². The first-order valence-electron chi connectivity index (χ1n) is 4.67. The van der Waals surface area contributed by atoms with E-state index in [-0.39, 0.29) is 11.6 Å². The van der Waals surface area contributed by atoms with Crippen LogP contribution >= 0.6 is 0 Å². The average Bonchev–Trinajstić information content (AvgIpc) is 2.45. The maximum Gasteiger partial charge on any atom is 0.407 e. The van der Waals surface area contributed by atoms with Gasteiger partial charge in [0.2, 0.25) is 0 Å². The lowest BCUT2D eigenvalue weighted by Crippen LogP contribution is -2.42. The monoisotopic (exact) mass is 171 g/mol. The van der Waals surface area contributed by atoms with E-state index in [9.17, 15) is 4.79 Å². The Morgan fingerprint density at radius 3 is 2.75 bits per heavy atom. The lowest BCUT2D eigenvalue weighted by Gasteiger charge is -2.24. The molecule has 3 nitrogen and oxygen atoms in total. The number of amides is 1. The molecule has 1 aliphatic rings. The first kappa shape index (κ1) is 9.36. The molecule has 1 N–H and O–H groups in total. The van der Waals surface area contributed by atoms with E-state index in [0.29, 0.717) is 6.61 Å². The molecule has 70 valence electrons. The number of carbonyl (C=O) groups excluding carboxylic acids is 1. The number of nitrogens with one attached hydrogen (secondary N) is 1. The van der Waals surface area contributed by atoms with Crippen LogP contribution in [0.3, 0.4) is 0 Å². The Kier molecular flexibility index (Phi) is 2.95. The van der Waals surface area contributed by atoms with E-state index < -0.39 is 0 Å². The fourth-order valence-corrected chi connectivity index (χ4v) is 1.51. The summed E-state index contributed by atoms with van der Waals surface area (Å²) in [4.78, 5) is 10.8. The minimum atomic E-state index is -0.257. The average molecular weight is 171 g/mol. The van der Waals surface area contributed by atoms with E-state index in [1.807, 2.05) is 0 Å². The predicted octanol–water partition coefficient (Wildman–Crippen LogP) is 2.07. The van der Waals surface area contributed by atoms with Gasteiger partial charge in [0.1, 0.15) is 6.61 Å². The zero-order valence-corrected chi connectivity index (χ0v) is 7.85. The molecule has 3 heteroatoms. The lowest BCUT2D eigenvalue weighted by atomic mass is 9.91. The van der Waals surface area contributed by atoms with Crippen LogP contribution in [-0.2, 0) is 4.74 Å². The molecular formula is C9H17NO2. The molecule has 0 bridgehead atoms. The third kappa shape index (κ3) is 1.90. The van der Waals surface area contributed by atoms with Gasteiger partial charge in [-0.25, -0.2) is 4.79 Å². The van der Waals surface area contributed by atoms with Crippen LogP contribution in [0.15, 0.2) is 0 Å². The molecule has 1 amide bonds. The predicted molar refractivity (Wildman–Crippen MR) is 47.0 cm³/mol. The van der Waals surface area contributed by atoms with Gasteiger partial charge in [-0.2, -0.15) is 0 Å². The van der Waals surface area contributed by atoms with E-state index >= 15 is 0 Å². The third-order valence-corrected chi connectivity index (χ3v) is 2.53. The molecule has 0 aromatic rings. The smallest absolute Gasteiger partial charge is 0.407 e. The topological polar surface area (TPSA) is 38.3 Å². The second-order valence-corrected chi connectivity index (χ2v) is 3.44. The molecule has 1 saturated heterocycles. The van der Waals surface area contributed by atoms with Crippen LogP contribution < -0.4 is 5.32 Å². The van der Waals surface area contributed by atoms with Gasteiger partial charge in [-0.15, -0.1) is 0 Å². The molecule has 0 aromatic carbocycles. The van der Waals surface area contributed by atoms with Gasteiger partial charge in [0.15, 0.2) is 0 Å². The van der Waals surface area contributed by atoms with E-state index in [4.69, 9.17) is 4.74 Å². The second kappa shape index (κ2) is 3.78. The number of carbonyl (C=O) groups is 1. The highest BCUT2D eigenvalue weighted by Gasteiger charge is 2.36. The van der Waals surface area contributed by atoms with Crippen molar-refractivity contribution in [3.63, 3.8) is 0 Å². The summed E-state index contributed by atoms with van der Waals surface area (Å²) in [7, 11) is 0. The van der Waals surface area contributed by atoms with Crippen molar-refractivity contribution in [3.05, 3.63) is 0 Å². The van der Waals surface area contributed by atoms with Crippen LogP contribution in [0.5, 0.6) is 0 Å². The maximum absolute atomic E-state index is 10.8. The van der Waals surface area contributed by atoms with Gasteiger partial charge in [-0.05, 0) is 12.8 Å². The Morgan fingerprint density at radius 2 is 2.33 bits per heavy atom. The molecule has 0 saturated carbocycles. The molecule has 0 spiro atoms. The van der Waals surface area contributed by atoms with Crippen molar-refractivity contribution < 1.29 is 9.53 Å². The van der Waals surface area contributed by atoms with Crippen molar-refractivity contribution in [3.8, 4) is 0 Å². The van der Waals surface area contributed by atoms with Crippen molar-refractivity contribution in [1.82, 2.24) is 5.32 Å². The van der Waals surface area contributed by atoms with Crippen molar-refractivity contribution in [2.24, 2.45) is 0 Å². The molecule has 0 aromatic heterocycles. The summed E-state index contributed by atoms with van der Waals surface area (Å²) in [5, 5.41) is 2.89. The van der Waals surface area contributed by atoms with Gasteiger partial charge in [0.05, 0.1) is 5.54 Å². The van der Waals surface area contributed by atoms with Crippen molar-refractivity contribution in [2.45, 2.75) is 45.1 Å². The molecule has 1 rings (SSSR count). The molecule has 1 unspecified atom stereocenters. The van der Waals surface area contributed by atoms with E-state index in [1.54, 1.807) is 0 Å². The van der Waals surface area contributed by atoms with Crippen LogP contribution in [0.1, 0.15) is 39.5 Å². The van der Waals surface area contributed by atoms with E-state index in [0.717, 1.165) is 25.7 Å². The molecule has 1 aliphatic heterocycles. The summed E-state index contributed by atoms with van der Waals surface area (Å²) in [6.07, 6.45) is 4.05. The standard InChI is InChI=1S/C9H17NO2/c1-3-5-6-9(4-2)7-12-8(11)10-9/h3-7H2,1-2H3,(H,10,11). The summed E-state index contributed by atoms with van der Waals surface area (Å²) in [5.74, 6) is 0. The maximum atomic E-state index is 10.8. The number of rotatable bonds is 4. The molecule has 12 heavy (non-hydrogen) atoms. The van der Waals surface area contributed by atoms with Crippen LogP contribution in [0.2, 0.25) is 0 Å². The molecule has 0 radical (unpaired) electrons. The van der Waals surface area contributed by atoms with Gasteiger partial charge in [-0.1, -0.05) is 26.7 Å². The minimum Gasteiger partial charge on any atom is -0.447 e. The highest BCUT2D eigenvalue weighted by atomic mass is 16.6. The molecule has 0 aliphatic carbocycles. The van der Waals surface area contributed by atoms with E-state index in [1.165, 1.54) is 0 Å². The molecule has 1 heterocycles. The molecular weight excluding hydrogens is 154 g/mol. The summed E-state index contributed by atoms with van der Waals surface area (Å²) in [6, 6.07) is 0. The summed E-state index contributed by atoms with van der Waals surface area (Å²) in [5.41, 5.74) is -0.0624. The second-order valence-electron chi connectivity index (χ2n) is 3.44. The SMILES string of the molecule is CCCCC1(CC)COC(=O)N1. The first-order chi connectivity index (χ1) is 5.72. The Balaban J connectivity index is 2.46. The van der Waals surface area contributed by atoms with Crippen molar-refractivity contribution >= 4 is 6.09 Å². The van der Waals surface area contributed by atoms with Gasteiger partial charge in [0, 0.05) is 0 Å². The van der Waals surface area contributed by atoms with Gasteiger partial charge >= 0.3 is 6.09 Å².